The number of hydrogen-bond acceptors (Lipinski definition) is 6. The van der Waals surface area contributed by atoms with Gasteiger partial charge in [0.05, 0.1) is 0 Å². The highest BCUT2D eigenvalue weighted by Gasteiger charge is 2.28. The summed E-state index contributed by atoms with van der Waals surface area (Å²) in [6.07, 6.45) is 4.17. The SMILES string of the molecule is CCSC1CCC(NS(=O)(=O)c2ccc(NN)nc2)C1. The first-order valence-electron chi connectivity index (χ1n) is 6.61. The van der Waals surface area contributed by atoms with Gasteiger partial charge in [-0.15, -0.1) is 0 Å². The fraction of sp³-hybridized carbons (Fsp3) is 0.583. The van der Waals surface area contributed by atoms with E-state index in [0.717, 1.165) is 25.0 Å². The van der Waals surface area contributed by atoms with Crippen LogP contribution in [0, 0.1) is 0 Å². The van der Waals surface area contributed by atoms with Gasteiger partial charge in [-0.1, -0.05) is 6.92 Å². The van der Waals surface area contributed by atoms with Gasteiger partial charge in [-0.2, -0.15) is 11.8 Å². The molecule has 1 aromatic rings. The zero-order chi connectivity index (χ0) is 14.6. The van der Waals surface area contributed by atoms with E-state index >= 15 is 0 Å². The lowest BCUT2D eigenvalue weighted by atomic mass is 10.3. The lowest BCUT2D eigenvalue weighted by Gasteiger charge is -2.13. The summed E-state index contributed by atoms with van der Waals surface area (Å²) in [7, 11) is -3.50. The first kappa shape index (κ1) is 15.6. The standard InChI is InChI=1S/C12H20N4O2S2/c1-2-19-10-4-3-9(7-10)16-20(17,18)11-5-6-12(15-13)14-8-11/h5-6,8-10,16H,2-4,7,13H2,1H3,(H,14,15). The van der Waals surface area contributed by atoms with Crippen molar-refractivity contribution in [3.63, 3.8) is 0 Å². The van der Waals surface area contributed by atoms with E-state index in [-0.39, 0.29) is 10.9 Å². The van der Waals surface area contributed by atoms with Crippen LogP contribution >= 0.6 is 11.8 Å². The number of hydrogen-bond donors (Lipinski definition) is 3. The van der Waals surface area contributed by atoms with Crippen molar-refractivity contribution in [2.45, 2.75) is 42.4 Å². The first-order chi connectivity index (χ1) is 9.55. The van der Waals surface area contributed by atoms with Gasteiger partial charge in [-0.3, -0.25) is 0 Å². The normalized spacial score (nSPS) is 22.9. The number of thioether (sulfide) groups is 1. The predicted octanol–water partition coefficient (Wildman–Crippen LogP) is 1.32. The van der Waals surface area contributed by atoms with E-state index in [1.807, 2.05) is 11.8 Å². The number of nitrogen functional groups attached to an aromatic ring is 1. The Morgan fingerprint density at radius 1 is 1.45 bits per heavy atom. The van der Waals surface area contributed by atoms with Crippen LogP contribution in [-0.2, 0) is 10.0 Å². The van der Waals surface area contributed by atoms with Crippen LogP contribution in [0.4, 0.5) is 5.82 Å². The first-order valence-corrected chi connectivity index (χ1v) is 9.15. The fourth-order valence-corrected chi connectivity index (χ4v) is 4.72. The third-order valence-corrected chi connectivity index (χ3v) is 6.04. The topological polar surface area (TPSA) is 97.1 Å². The van der Waals surface area contributed by atoms with E-state index in [4.69, 9.17) is 5.84 Å². The Kier molecular flexibility index (Phi) is 5.25. The van der Waals surface area contributed by atoms with Crippen molar-refractivity contribution < 1.29 is 8.42 Å². The molecule has 0 saturated heterocycles. The molecule has 6 nitrogen and oxygen atoms in total. The van der Waals surface area contributed by atoms with Gasteiger partial charge in [-0.05, 0) is 37.1 Å². The molecular weight excluding hydrogens is 296 g/mol. The Morgan fingerprint density at radius 2 is 2.25 bits per heavy atom. The average molecular weight is 316 g/mol. The molecule has 0 spiro atoms. The smallest absolute Gasteiger partial charge is 0.242 e. The molecule has 0 amide bonds. The quantitative estimate of drug-likeness (QED) is 0.541. The van der Waals surface area contributed by atoms with Gasteiger partial charge >= 0.3 is 0 Å². The monoisotopic (exact) mass is 316 g/mol. The lowest BCUT2D eigenvalue weighted by Crippen LogP contribution is -2.33. The van der Waals surface area contributed by atoms with Crippen molar-refractivity contribution in [2.75, 3.05) is 11.2 Å². The zero-order valence-corrected chi connectivity index (χ0v) is 13.0. The molecule has 0 aliphatic heterocycles. The molecule has 1 heterocycles. The zero-order valence-electron chi connectivity index (χ0n) is 11.4. The van der Waals surface area contributed by atoms with E-state index in [0.29, 0.717) is 11.1 Å². The van der Waals surface area contributed by atoms with Crippen LogP contribution in [0.3, 0.4) is 0 Å². The summed E-state index contributed by atoms with van der Waals surface area (Å²) in [5.41, 5.74) is 2.37. The Hall–Kier alpha value is -0.830. The van der Waals surface area contributed by atoms with Crippen LogP contribution in [0.5, 0.6) is 0 Å². The number of anilines is 1. The lowest BCUT2D eigenvalue weighted by molar-refractivity contribution is 0.552. The van der Waals surface area contributed by atoms with Crippen LogP contribution in [0.2, 0.25) is 0 Å². The van der Waals surface area contributed by atoms with Gasteiger partial charge in [0, 0.05) is 17.5 Å². The molecule has 1 aliphatic carbocycles. The molecule has 2 rings (SSSR count). The molecule has 0 aromatic carbocycles. The second-order valence-corrected chi connectivity index (χ2v) is 8.02. The summed E-state index contributed by atoms with van der Waals surface area (Å²) in [4.78, 5) is 4.09. The van der Waals surface area contributed by atoms with Crippen molar-refractivity contribution in [3.05, 3.63) is 18.3 Å². The summed E-state index contributed by atoms with van der Waals surface area (Å²) in [6, 6.07) is 3.06. The minimum atomic E-state index is -3.50. The Labute approximate surface area is 123 Å². The second kappa shape index (κ2) is 6.75. The fourth-order valence-electron chi connectivity index (χ4n) is 2.35. The van der Waals surface area contributed by atoms with Crippen LogP contribution in [-0.4, -0.2) is 30.4 Å². The summed E-state index contributed by atoms with van der Waals surface area (Å²) >= 11 is 1.90. The molecular formula is C12H20N4O2S2. The number of pyridine rings is 1. The van der Waals surface area contributed by atoms with Crippen molar-refractivity contribution in [2.24, 2.45) is 5.84 Å². The van der Waals surface area contributed by atoms with E-state index in [9.17, 15) is 8.42 Å². The van der Waals surface area contributed by atoms with Crippen LogP contribution < -0.4 is 16.0 Å². The number of nitrogens with two attached hydrogens (primary N) is 1. The molecule has 1 fully saturated rings. The molecule has 1 aliphatic rings. The molecule has 4 N–H and O–H groups in total. The van der Waals surface area contributed by atoms with Crippen LogP contribution in [0.1, 0.15) is 26.2 Å². The molecule has 0 bridgehead atoms. The van der Waals surface area contributed by atoms with Gasteiger partial charge in [0.25, 0.3) is 0 Å². The van der Waals surface area contributed by atoms with Gasteiger partial charge in [-0.25, -0.2) is 24.0 Å². The Bertz CT molecular complexity index is 533. The number of hydrazine groups is 1. The summed E-state index contributed by atoms with van der Waals surface area (Å²) in [5.74, 6) is 6.71. The van der Waals surface area contributed by atoms with Crippen LogP contribution in [0.25, 0.3) is 0 Å². The second-order valence-electron chi connectivity index (χ2n) is 4.73. The average Bonchev–Trinajstić information content (AvgIpc) is 2.86. The van der Waals surface area contributed by atoms with E-state index < -0.39 is 10.0 Å². The van der Waals surface area contributed by atoms with Gasteiger partial charge < -0.3 is 5.43 Å². The summed E-state index contributed by atoms with van der Waals surface area (Å²) in [6.45, 7) is 2.13. The Balaban J connectivity index is 2.00. The van der Waals surface area contributed by atoms with Crippen molar-refractivity contribution >= 4 is 27.6 Å². The minimum absolute atomic E-state index is 0.0244. The number of sulfonamides is 1. The number of nitrogens with zero attached hydrogens (tertiary/aromatic N) is 1. The van der Waals surface area contributed by atoms with E-state index in [1.165, 1.54) is 12.3 Å². The highest BCUT2D eigenvalue weighted by molar-refractivity contribution is 7.99. The van der Waals surface area contributed by atoms with Gasteiger partial charge in [0.1, 0.15) is 10.7 Å². The predicted molar refractivity (Wildman–Crippen MR) is 81.9 cm³/mol. The largest absolute Gasteiger partial charge is 0.308 e. The van der Waals surface area contributed by atoms with E-state index in [2.05, 4.69) is 22.1 Å². The maximum atomic E-state index is 12.2. The maximum absolute atomic E-state index is 12.2. The maximum Gasteiger partial charge on any atom is 0.242 e. The summed E-state index contributed by atoms with van der Waals surface area (Å²) < 4.78 is 27.3. The molecule has 1 aromatic heterocycles. The number of nitrogens with one attached hydrogen (secondary N) is 2. The third kappa shape index (κ3) is 3.85. The molecule has 20 heavy (non-hydrogen) atoms. The molecule has 2 unspecified atom stereocenters. The molecule has 8 heteroatoms. The highest BCUT2D eigenvalue weighted by atomic mass is 32.2. The molecule has 112 valence electrons. The highest BCUT2D eigenvalue weighted by Crippen LogP contribution is 2.30. The third-order valence-electron chi connectivity index (χ3n) is 3.30. The molecule has 2 atom stereocenters. The number of rotatable bonds is 6. The molecule has 1 saturated carbocycles. The van der Waals surface area contributed by atoms with Gasteiger partial charge in [0.15, 0.2) is 0 Å². The Morgan fingerprint density at radius 3 is 2.85 bits per heavy atom. The number of aromatic nitrogens is 1. The summed E-state index contributed by atoms with van der Waals surface area (Å²) in [5, 5.41) is 0.564. The van der Waals surface area contributed by atoms with Crippen molar-refractivity contribution in [1.29, 1.82) is 0 Å². The molecule has 0 radical (unpaired) electrons. The van der Waals surface area contributed by atoms with Crippen LogP contribution in [0.15, 0.2) is 23.2 Å². The van der Waals surface area contributed by atoms with Gasteiger partial charge in [0.2, 0.25) is 10.0 Å². The minimum Gasteiger partial charge on any atom is -0.308 e. The van der Waals surface area contributed by atoms with Crippen molar-refractivity contribution in [1.82, 2.24) is 9.71 Å². The van der Waals surface area contributed by atoms with Crippen molar-refractivity contribution in [3.8, 4) is 0 Å². The van der Waals surface area contributed by atoms with E-state index in [1.54, 1.807) is 6.07 Å².